The molecule has 1 aliphatic carbocycles. The Bertz CT molecular complexity index is 1820. The number of carbonyl (C=O) groups excluding carboxylic acids is 1. The summed E-state index contributed by atoms with van der Waals surface area (Å²) in [6.45, 7) is 3.63. The Labute approximate surface area is 292 Å². The fraction of sp³-hybridized carbons (Fsp3) is 0.429. The lowest BCUT2D eigenvalue weighted by molar-refractivity contribution is -0.140. The van der Waals surface area contributed by atoms with E-state index >= 15 is 0 Å². The van der Waals surface area contributed by atoms with Crippen LogP contribution in [0.15, 0.2) is 51.7 Å². The zero-order valence-electron chi connectivity index (χ0n) is 28.3. The highest BCUT2D eigenvalue weighted by Crippen LogP contribution is 2.33. The average Bonchev–Trinajstić information content (AvgIpc) is 3.09. The Hall–Kier alpha value is -5.32. The number of aliphatic carboxylic acids is 3. The quantitative estimate of drug-likeness (QED) is 0.0522. The highest BCUT2D eigenvalue weighted by Gasteiger charge is 2.34. The number of hydrogen-bond donors (Lipinski definition) is 4. The molecule has 0 aromatic heterocycles. The summed E-state index contributed by atoms with van der Waals surface area (Å²) in [5.41, 5.74) is 0.738. The Morgan fingerprint density at radius 3 is 1.94 bits per heavy atom. The number of anilines is 1. The van der Waals surface area contributed by atoms with E-state index in [2.05, 4.69) is 24.1 Å². The van der Waals surface area contributed by atoms with Crippen molar-refractivity contribution in [2.24, 2.45) is 0 Å². The summed E-state index contributed by atoms with van der Waals surface area (Å²) in [5.74, 6) is -3.48. The van der Waals surface area contributed by atoms with E-state index in [4.69, 9.17) is 43.7 Å². The lowest BCUT2D eigenvalue weighted by Gasteiger charge is -2.34. The van der Waals surface area contributed by atoms with Crippen molar-refractivity contribution >= 4 is 51.4 Å². The SMILES string of the molecule is CCN(CC)c1ccc2nc3c4cc(OCC(=O)NC(COCCC(=O)O)(COCCC(=O)O)COCCC(=O)O)ccc4c(=O)cc-3oc2c1. The molecule has 16 heteroatoms. The first-order chi connectivity index (χ1) is 24.4. The van der Waals surface area contributed by atoms with Crippen molar-refractivity contribution in [3.05, 3.63) is 52.7 Å². The number of aromatic nitrogens is 1. The molecule has 4 N–H and O–H groups in total. The summed E-state index contributed by atoms with van der Waals surface area (Å²) in [7, 11) is 0. The second-order valence-corrected chi connectivity index (χ2v) is 11.7. The van der Waals surface area contributed by atoms with Crippen LogP contribution in [-0.4, -0.2) is 109 Å². The van der Waals surface area contributed by atoms with Gasteiger partial charge in [-0.3, -0.25) is 24.0 Å². The van der Waals surface area contributed by atoms with Crippen molar-refractivity contribution in [1.29, 1.82) is 0 Å². The summed E-state index contributed by atoms with van der Waals surface area (Å²) in [6.07, 6.45) is -0.988. The van der Waals surface area contributed by atoms with Gasteiger partial charge in [0.25, 0.3) is 5.91 Å². The fourth-order valence-corrected chi connectivity index (χ4v) is 5.31. The van der Waals surface area contributed by atoms with E-state index in [9.17, 15) is 24.0 Å². The molecular formula is C35H41N3O13. The summed E-state index contributed by atoms with van der Waals surface area (Å²) >= 11 is 0. The van der Waals surface area contributed by atoms with Crippen LogP contribution in [0.2, 0.25) is 0 Å². The molecule has 0 fully saturated rings. The van der Waals surface area contributed by atoms with Gasteiger partial charge in [0.15, 0.2) is 23.4 Å². The smallest absolute Gasteiger partial charge is 0.305 e. The third-order valence-electron chi connectivity index (χ3n) is 7.82. The first-order valence-electron chi connectivity index (χ1n) is 16.3. The fourth-order valence-electron chi connectivity index (χ4n) is 5.31. The molecule has 0 radical (unpaired) electrons. The van der Waals surface area contributed by atoms with Gasteiger partial charge in [-0.2, -0.15) is 0 Å². The Morgan fingerprint density at radius 1 is 0.804 bits per heavy atom. The van der Waals surface area contributed by atoms with Gasteiger partial charge in [-0.1, -0.05) is 0 Å². The van der Waals surface area contributed by atoms with Crippen molar-refractivity contribution in [2.75, 3.05) is 64.2 Å². The zero-order valence-corrected chi connectivity index (χ0v) is 28.3. The maximum Gasteiger partial charge on any atom is 0.305 e. The number of nitrogens with zero attached hydrogens (tertiary/aromatic N) is 2. The van der Waals surface area contributed by atoms with E-state index in [1.54, 1.807) is 12.1 Å². The predicted octanol–water partition coefficient (Wildman–Crippen LogP) is 3.00. The second kappa shape index (κ2) is 18.1. The number of ether oxygens (including phenoxy) is 4. The van der Waals surface area contributed by atoms with Crippen LogP contribution in [0, 0.1) is 0 Å². The van der Waals surface area contributed by atoms with E-state index in [1.165, 1.54) is 12.1 Å². The van der Waals surface area contributed by atoms with Crippen LogP contribution in [0.5, 0.6) is 5.75 Å². The van der Waals surface area contributed by atoms with Crippen LogP contribution in [0.3, 0.4) is 0 Å². The average molecular weight is 712 g/mol. The number of amides is 1. The first kappa shape index (κ1) is 38.5. The third kappa shape index (κ3) is 10.8. The molecule has 0 saturated heterocycles. The molecule has 1 amide bonds. The third-order valence-corrected chi connectivity index (χ3v) is 7.82. The maximum absolute atomic E-state index is 13.3. The molecule has 0 atom stereocenters. The standard InChI is InChI=1S/C35H41N3O13/c1-3-38(4-2)22-5-8-26-28(15-22)51-29-17-27(39)24-7-6-23(16-25(24)34(29)36-26)50-18-30(40)37-35(19-47-12-9-31(41)42,20-48-13-10-32(43)44)21-49-14-11-33(45)46/h5-8,15-17H,3-4,9-14,18-21H2,1-2H3,(H,37,40)(H,41,42)(H,43,44)(H,45,46). The van der Waals surface area contributed by atoms with Crippen LogP contribution in [0.4, 0.5) is 5.69 Å². The molecular weight excluding hydrogens is 670 g/mol. The minimum absolute atomic E-state index is 0.215. The van der Waals surface area contributed by atoms with Crippen LogP contribution in [-0.2, 0) is 33.4 Å². The van der Waals surface area contributed by atoms with Crippen molar-refractivity contribution in [3.63, 3.8) is 0 Å². The molecule has 0 bridgehead atoms. The van der Waals surface area contributed by atoms with Gasteiger partial charge in [0.2, 0.25) is 0 Å². The van der Waals surface area contributed by atoms with Crippen LogP contribution < -0.4 is 20.4 Å². The minimum atomic E-state index is -1.47. The highest BCUT2D eigenvalue weighted by molar-refractivity contribution is 5.97. The molecule has 2 aliphatic rings. The molecule has 1 heterocycles. The lowest BCUT2D eigenvalue weighted by atomic mass is 10.0. The number of nitrogens with one attached hydrogen (secondary N) is 1. The summed E-state index contributed by atoms with van der Waals surface area (Å²) < 4.78 is 28.5. The van der Waals surface area contributed by atoms with Gasteiger partial charge in [-0.05, 0) is 44.2 Å². The first-order valence-corrected chi connectivity index (χ1v) is 16.3. The van der Waals surface area contributed by atoms with E-state index in [-0.39, 0.29) is 75.8 Å². The van der Waals surface area contributed by atoms with Gasteiger partial charge in [-0.25, -0.2) is 4.98 Å². The number of carboxylic acid groups (broad SMARTS) is 3. The molecule has 2 aromatic rings. The number of carboxylic acids is 3. The summed E-state index contributed by atoms with van der Waals surface area (Å²) in [5, 5.41) is 30.5. The summed E-state index contributed by atoms with van der Waals surface area (Å²) in [4.78, 5) is 66.3. The van der Waals surface area contributed by atoms with E-state index < -0.39 is 36.0 Å². The van der Waals surface area contributed by atoms with Crippen LogP contribution in [0.25, 0.3) is 33.3 Å². The molecule has 0 spiro atoms. The number of rotatable bonds is 22. The molecule has 0 saturated carbocycles. The molecule has 274 valence electrons. The molecule has 2 aromatic carbocycles. The van der Waals surface area contributed by atoms with Gasteiger partial charge in [0, 0.05) is 41.7 Å². The number of benzene rings is 3. The Kier molecular flexibility index (Phi) is 13.6. The molecule has 0 unspecified atom stereocenters. The van der Waals surface area contributed by atoms with Gasteiger partial charge >= 0.3 is 17.9 Å². The van der Waals surface area contributed by atoms with E-state index in [0.29, 0.717) is 27.6 Å². The van der Waals surface area contributed by atoms with Crippen molar-refractivity contribution in [1.82, 2.24) is 10.3 Å². The number of fused-ring (bicyclic) bond motifs is 4. The van der Waals surface area contributed by atoms with Crippen LogP contribution in [0.1, 0.15) is 33.1 Å². The minimum Gasteiger partial charge on any atom is -0.484 e. The maximum atomic E-state index is 13.3. The Morgan fingerprint density at radius 2 is 1.39 bits per heavy atom. The number of hydrogen-bond acceptors (Lipinski definition) is 12. The topological polar surface area (TPSA) is 224 Å². The van der Waals surface area contributed by atoms with Crippen LogP contribution >= 0.6 is 0 Å². The van der Waals surface area contributed by atoms with E-state index in [0.717, 1.165) is 18.8 Å². The van der Waals surface area contributed by atoms with Crippen molar-refractivity contribution < 1.29 is 57.9 Å². The zero-order chi connectivity index (χ0) is 37.0. The van der Waals surface area contributed by atoms with E-state index in [1.807, 2.05) is 18.2 Å². The van der Waals surface area contributed by atoms with Gasteiger partial charge in [-0.15, -0.1) is 0 Å². The molecule has 51 heavy (non-hydrogen) atoms. The number of carbonyl (C=O) groups is 4. The second-order valence-electron chi connectivity index (χ2n) is 11.7. The summed E-state index contributed by atoms with van der Waals surface area (Å²) in [6, 6.07) is 11.7. The largest absolute Gasteiger partial charge is 0.484 e. The van der Waals surface area contributed by atoms with Gasteiger partial charge in [0.05, 0.1) is 58.9 Å². The van der Waals surface area contributed by atoms with Gasteiger partial charge < -0.3 is 48.9 Å². The molecule has 4 rings (SSSR count). The Balaban J connectivity index is 1.56. The van der Waals surface area contributed by atoms with Gasteiger partial charge in [0.1, 0.15) is 22.5 Å². The monoisotopic (exact) mass is 711 g/mol. The molecule has 16 nitrogen and oxygen atoms in total. The highest BCUT2D eigenvalue weighted by atomic mass is 16.5. The predicted molar refractivity (Wildman–Crippen MR) is 184 cm³/mol. The van der Waals surface area contributed by atoms with Crippen molar-refractivity contribution in [2.45, 2.75) is 38.6 Å². The normalized spacial score (nSPS) is 11.6. The lowest BCUT2D eigenvalue weighted by Crippen LogP contribution is -2.59. The van der Waals surface area contributed by atoms with Crippen molar-refractivity contribution in [3.8, 4) is 17.2 Å². The molecule has 1 aliphatic heterocycles.